The number of imidazole rings is 1. The monoisotopic (exact) mass is 306 g/mol. The molecule has 0 fully saturated rings. The van der Waals surface area contributed by atoms with Crippen LogP contribution in [0.4, 0.5) is 0 Å². The first kappa shape index (κ1) is 13.6. The predicted molar refractivity (Wildman–Crippen MR) is 93.2 cm³/mol. The lowest BCUT2D eigenvalue weighted by Crippen LogP contribution is -1.96. The zero-order valence-corrected chi connectivity index (χ0v) is 13.4. The Bertz CT molecular complexity index is 788. The minimum Gasteiger partial charge on any atom is -0.327 e. The highest BCUT2D eigenvalue weighted by atomic mass is 32.2. The average molecular weight is 306 g/mol. The molecule has 110 valence electrons. The maximum absolute atomic E-state index is 4.95. The summed E-state index contributed by atoms with van der Waals surface area (Å²) in [5.74, 6) is 1.22. The van der Waals surface area contributed by atoms with Crippen LogP contribution >= 0.6 is 11.8 Å². The van der Waals surface area contributed by atoms with Gasteiger partial charge < -0.3 is 4.57 Å². The topological polar surface area (TPSA) is 17.8 Å². The summed E-state index contributed by atoms with van der Waals surface area (Å²) in [4.78, 5) is 6.24. The number of rotatable bonds is 3. The molecule has 2 heterocycles. The lowest BCUT2D eigenvalue weighted by Gasteiger charge is -2.09. The number of nitrogens with zero attached hydrogens (tertiary/aromatic N) is 2. The average Bonchev–Trinajstić information content (AvgIpc) is 3.16. The van der Waals surface area contributed by atoms with E-state index in [-0.39, 0.29) is 0 Å². The van der Waals surface area contributed by atoms with Gasteiger partial charge in [-0.2, -0.15) is 0 Å². The Morgan fingerprint density at radius 3 is 2.45 bits per heavy atom. The number of thioether (sulfide) groups is 1. The fraction of sp³-hybridized carbons (Fsp3) is 0.211. The maximum atomic E-state index is 4.95. The summed E-state index contributed by atoms with van der Waals surface area (Å²) in [7, 11) is 0. The van der Waals surface area contributed by atoms with Crippen molar-refractivity contribution in [2.75, 3.05) is 6.26 Å². The van der Waals surface area contributed by atoms with Gasteiger partial charge in [0.1, 0.15) is 5.82 Å². The highest BCUT2D eigenvalue weighted by Gasteiger charge is 2.22. The van der Waals surface area contributed by atoms with E-state index in [1.54, 1.807) is 11.8 Å². The summed E-state index contributed by atoms with van der Waals surface area (Å²) in [5.41, 5.74) is 4.85. The van der Waals surface area contributed by atoms with Gasteiger partial charge in [-0.25, -0.2) is 4.98 Å². The Kier molecular flexibility index (Phi) is 3.51. The first-order valence-corrected chi connectivity index (χ1v) is 8.88. The van der Waals surface area contributed by atoms with Crippen LogP contribution in [-0.4, -0.2) is 15.8 Å². The number of hydrogen-bond donors (Lipinski definition) is 0. The first-order valence-electron chi connectivity index (χ1n) is 7.66. The molecule has 3 heteroatoms. The molecule has 0 radical (unpaired) electrons. The highest BCUT2D eigenvalue weighted by Crippen LogP contribution is 2.35. The molecule has 0 amide bonds. The highest BCUT2D eigenvalue weighted by molar-refractivity contribution is 7.98. The molecule has 0 saturated heterocycles. The first-order chi connectivity index (χ1) is 10.9. The van der Waals surface area contributed by atoms with Gasteiger partial charge in [0.2, 0.25) is 0 Å². The van der Waals surface area contributed by atoms with Gasteiger partial charge in [-0.05, 0) is 24.8 Å². The largest absolute Gasteiger partial charge is 0.327 e. The second kappa shape index (κ2) is 5.65. The summed E-state index contributed by atoms with van der Waals surface area (Å²) in [6.45, 7) is 1.08. The van der Waals surface area contributed by atoms with Crippen LogP contribution in [0, 0.1) is 0 Å². The molecule has 1 aliphatic rings. The standard InChI is InChI=1S/C19H18N2S/c1-22-16-11-9-14(10-12-16)18-19(15-6-3-2-4-7-15)21-13-5-8-17(21)20-18/h2-4,6-7,9-12H,5,8,13H2,1H3. The Morgan fingerprint density at radius 1 is 0.955 bits per heavy atom. The molecule has 3 aromatic rings. The Hall–Kier alpha value is -2.00. The van der Waals surface area contributed by atoms with Crippen molar-refractivity contribution in [3.8, 4) is 22.5 Å². The molecule has 0 unspecified atom stereocenters. The summed E-state index contributed by atoms with van der Waals surface area (Å²) in [6.07, 6.45) is 4.39. The van der Waals surface area contributed by atoms with Crippen LogP contribution in [0.25, 0.3) is 22.5 Å². The molecule has 0 saturated carbocycles. The quantitative estimate of drug-likeness (QED) is 0.641. The van der Waals surface area contributed by atoms with Crippen molar-refractivity contribution in [1.29, 1.82) is 0 Å². The molecule has 4 rings (SSSR count). The van der Waals surface area contributed by atoms with Crippen molar-refractivity contribution in [1.82, 2.24) is 9.55 Å². The van der Waals surface area contributed by atoms with Crippen LogP contribution in [0.15, 0.2) is 59.5 Å². The van der Waals surface area contributed by atoms with Gasteiger partial charge in [-0.1, -0.05) is 42.5 Å². The molecular formula is C19H18N2S. The van der Waals surface area contributed by atoms with Crippen molar-refractivity contribution in [2.24, 2.45) is 0 Å². The zero-order chi connectivity index (χ0) is 14.9. The van der Waals surface area contributed by atoms with Gasteiger partial charge >= 0.3 is 0 Å². The third-order valence-corrected chi connectivity index (χ3v) is 4.98. The van der Waals surface area contributed by atoms with Crippen LogP contribution < -0.4 is 0 Å². The minimum absolute atomic E-state index is 1.08. The number of aryl methyl sites for hydroxylation is 1. The van der Waals surface area contributed by atoms with E-state index < -0.39 is 0 Å². The van der Waals surface area contributed by atoms with Gasteiger partial charge in [-0.3, -0.25) is 0 Å². The molecule has 2 aromatic carbocycles. The predicted octanol–water partition coefficient (Wildman–Crippen LogP) is 4.89. The van der Waals surface area contributed by atoms with Crippen LogP contribution in [0.1, 0.15) is 12.2 Å². The van der Waals surface area contributed by atoms with Crippen molar-refractivity contribution in [2.45, 2.75) is 24.3 Å². The lowest BCUT2D eigenvalue weighted by atomic mass is 10.0. The van der Waals surface area contributed by atoms with E-state index in [9.17, 15) is 0 Å². The van der Waals surface area contributed by atoms with Crippen LogP contribution in [0.3, 0.4) is 0 Å². The third-order valence-electron chi connectivity index (χ3n) is 4.24. The number of aromatic nitrogens is 2. The van der Waals surface area contributed by atoms with Gasteiger partial charge in [0.05, 0.1) is 11.4 Å². The van der Waals surface area contributed by atoms with Crippen molar-refractivity contribution in [3.63, 3.8) is 0 Å². The molecule has 0 N–H and O–H groups in total. The van der Waals surface area contributed by atoms with Gasteiger partial charge in [-0.15, -0.1) is 11.8 Å². The minimum atomic E-state index is 1.08. The molecule has 1 aromatic heterocycles. The maximum Gasteiger partial charge on any atom is 0.109 e. The fourth-order valence-corrected chi connectivity index (χ4v) is 3.57. The Balaban J connectivity index is 1.89. The van der Waals surface area contributed by atoms with Crippen molar-refractivity contribution < 1.29 is 0 Å². The van der Waals surface area contributed by atoms with E-state index in [2.05, 4.69) is 65.4 Å². The second-order valence-corrected chi connectivity index (χ2v) is 6.45. The molecule has 0 bridgehead atoms. The summed E-state index contributed by atoms with van der Waals surface area (Å²) in [5, 5.41) is 0. The van der Waals surface area contributed by atoms with Crippen LogP contribution in [0.2, 0.25) is 0 Å². The number of fused-ring (bicyclic) bond motifs is 1. The van der Waals surface area contributed by atoms with E-state index in [1.807, 2.05) is 0 Å². The normalized spacial score (nSPS) is 13.3. The van der Waals surface area contributed by atoms with Gasteiger partial charge in [0.15, 0.2) is 0 Å². The molecule has 2 nitrogen and oxygen atoms in total. The molecule has 22 heavy (non-hydrogen) atoms. The smallest absolute Gasteiger partial charge is 0.109 e. The molecule has 0 aliphatic carbocycles. The van der Waals surface area contributed by atoms with E-state index in [1.165, 1.54) is 34.0 Å². The molecule has 0 atom stereocenters. The lowest BCUT2D eigenvalue weighted by molar-refractivity contribution is 0.756. The van der Waals surface area contributed by atoms with E-state index in [0.717, 1.165) is 18.7 Å². The van der Waals surface area contributed by atoms with E-state index >= 15 is 0 Å². The summed E-state index contributed by atoms with van der Waals surface area (Å²) < 4.78 is 2.40. The Labute approximate surface area is 135 Å². The zero-order valence-electron chi connectivity index (χ0n) is 12.6. The van der Waals surface area contributed by atoms with E-state index in [4.69, 9.17) is 4.98 Å². The van der Waals surface area contributed by atoms with Gasteiger partial charge in [0.25, 0.3) is 0 Å². The second-order valence-electron chi connectivity index (χ2n) is 5.57. The third kappa shape index (κ3) is 2.26. The molecule has 1 aliphatic heterocycles. The van der Waals surface area contributed by atoms with Crippen molar-refractivity contribution >= 4 is 11.8 Å². The van der Waals surface area contributed by atoms with Crippen molar-refractivity contribution in [3.05, 3.63) is 60.4 Å². The number of hydrogen-bond acceptors (Lipinski definition) is 2. The SMILES string of the molecule is CSc1ccc(-c2nc3n(c2-c2ccccc2)CCC3)cc1. The fourth-order valence-electron chi connectivity index (χ4n) is 3.16. The summed E-state index contributed by atoms with van der Waals surface area (Å²) >= 11 is 1.77. The van der Waals surface area contributed by atoms with E-state index in [0.29, 0.717) is 0 Å². The number of benzene rings is 2. The van der Waals surface area contributed by atoms with Gasteiger partial charge in [0, 0.05) is 29.0 Å². The molecular weight excluding hydrogens is 288 g/mol. The van der Waals surface area contributed by atoms with Crippen LogP contribution in [-0.2, 0) is 13.0 Å². The van der Waals surface area contributed by atoms with Crippen LogP contribution in [0.5, 0.6) is 0 Å². The summed E-state index contributed by atoms with van der Waals surface area (Å²) in [6, 6.07) is 19.4. The molecule has 0 spiro atoms. The Morgan fingerprint density at radius 2 is 1.73 bits per heavy atom.